The number of rotatable bonds is 3. The van der Waals surface area contributed by atoms with Crippen LogP contribution >= 0.6 is 0 Å². The molecule has 1 saturated heterocycles. The van der Waals surface area contributed by atoms with Gasteiger partial charge in [-0.25, -0.2) is 0 Å². The Hall–Kier alpha value is -1.76. The van der Waals surface area contributed by atoms with Crippen LogP contribution < -0.4 is 15.5 Å². The summed E-state index contributed by atoms with van der Waals surface area (Å²) < 4.78 is 39.8. The summed E-state index contributed by atoms with van der Waals surface area (Å²) in [6.45, 7) is 1.40. The summed E-state index contributed by atoms with van der Waals surface area (Å²) in [5.74, 6) is -0.127. The lowest BCUT2D eigenvalue weighted by atomic mass is 10.1. The first-order valence-electron chi connectivity index (χ1n) is 6.78. The topological polar surface area (TPSA) is 44.4 Å². The normalized spacial score (nSPS) is 16.6. The first-order chi connectivity index (χ1) is 9.91. The van der Waals surface area contributed by atoms with Crippen LogP contribution in [0.15, 0.2) is 18.2 Å². The summed E-state index contributed by atoms with van der Waals surface area (Å²) in [4.78, 5) is 12.9. The molecular weight excluding hydrogens is 283 g/mol. The van der Waals surface area contributed by atoms with E-state index >= 15 is 0 Å². The molecule has 1 amide bonds. The lowest BCUT2D eigenvalue weighted by Gasteiger charge is -2.26. The van der Waals surface area contributed by atoms with Crippen LogP contribution in [0.2, 0.25) is 0 Å². The fourth-order valence-electron chi connectivity index (χ4n) is 2.41. The molecule has 21 heavy (non-hydrogen) atoms. The van der Waals surface area contributed by atoms with E-state index in [1.54, 1.807) is 18.0 Å². The SMILES string of the molecule is CNCc1ccc(N2CCNC(=O)CC2)c(C(F)(F)F)c1. The summed E-state index contributed by atoms with van der Waals surface area (Å²) in [6, 6.07) is 4.35. The molecule has 2 N–H and O–H groups in total. The molecule has 1 aliphatic heterocycles. The summed E-state index contributed by atoms with van der Waals surface area (Å²) in [6.07, 6.45) is -4.21. The smallest absolute Gasteiger partial charge is 0.369 e. The van der Waals surface area contributed by atoms with Gasteiger partial charge in [0.1, 0.15) is 0 Å². The summed E-state index contributed by atoms with van der Waals surface area (Å²) in [7, 11) is 1.69. The highest BCUT2D eigenvalue weighted by Crippen LogP contribution is 2.37. The highest BCUT2D eigenvalue weighted by Gasteiger charge is 2.35. The first-order valence-corrected chi connectivity index (χ1v) is 6.78. The van der Waals surface area contributed by atoms with E-state index in [0.29, 0.717) is 31.7 Å². The van der Waals surface area contributed by atoms with Crippen molar-refractivity contribution in [3.8, 4) is 0 Å². The van der Waals surface area contributed by atoms with Gasteiger partial charge in [0.15, 0.2) is 0 Å². The fourth-order valence-corrected chi connectivity index (χ4v) is 2.41. The van der Waals surface area contributed by atoms with Gasteiger partial charge in [-0.2, -0.15) is 13.2 Å². The Kier molecular flexibility index (Phi) is 4.72. The second-order valence-corrected chi connectivity index (χ2v) is 4.97. The van der Waals surface area contributed by atoms with Crippen molar-refractivity contribution in [1.29, 1.82) is 0 Å². The van der Waals surface area contributed by atoms with Gasteiger partial charge >= 0.3 is 6.18 Å². The number of nitrogens with one attached hydrogen (secondary N) is 2. The predicted octanol–water partition coefficient (Wildman–Crippen LogP) is 1.75. The number of hydrogen-bond donors (Lipinski definition) is 2. The van der Waals surface area contributed by atoms with E-state index in [1.807, 2.05) is 0 Å². The number of hydrogen-bond acceptors (Lipinski definition) is 3. The van der Waals surface area contributed by atoms with E-state index in [0.717, 1.165) is 0 Å². The maximum atomic E-state index is 13.3. The average Bonchev–Trinajstić information content (AvgIpc) is 2.63. The minimum Gasteiger partial charge on any atom is -0.369 e. The molecule has 0 spiro atoms. The molecule has 1 aromatic rings. The minimum absolute atomic E-state index is 0.127. The van der Waals surface area contributed by atoms with Gasteiger partial charge in [-0.1, -0.05) is 6.07 Å². The number of anilines is 1. The van der Waals surface area contributed by atoms with Gasteiger partial charge in [0.05, 0.1) is 5.56 Å². The molecule has 0 radical (unpaired) electrons. The zero-order chi connectivity index (χ0) is 15.5. The third-order valence-electron chi connectivity index (χ3n) is 3.40. The lowest BCUT2D eigenvalue weighted by Crippen LogP contribution is -2.30. The van der Waals surface area contributed by atoms with Crippen molar-refractivity contribution >= 4 is 11.6 Å². The van der Waals surface area contributed by atoms with Crippen LogP contribution in [0.5, 0.6) is 0 Å². The number of carbonyl (C=O) groups is 1. The summed E-state index contributed by atoms with van der Waals surface area (Å²) in [5.41, 5.74) is 0.0704. The van der Waals surface area contributed by atoms with E-state index in [9.17, 15) is 18.0 Å². The van der Waals surface area contributed by atoms with Crippen molar-refractivity contribution in [1.82, 2.24) is 10.6 Å². The first kappa shape index (κ1) is 15.6. The highest BCUT2D eigenvalue weighted by molar-refractivity contribution is 5.77. The minimum atomic E-state index is -4.41. The van der Waals surface area contributed by atoms with Gasteiger partial charge in [0.25, 0.3) is 0 Å². The number of halogens is 3. The lowest BCUT2D eigenvalue weighted by molar-refractivity contribution is -0.137. The van der Waals surface area contributed by atoms with Gasteiger partial charge in [-0.3, -0.25) is 4.79 Å². The van der Waals surface area contributed by atoms with Crippen LogP contribution in [0, 0.1) is 0 Å². The molecule has 0 aliphatic carbocycles. The number of alkyl halides is 3. The molecule has 116 valence electrons. The van der Waals surface area contributed by atoms with E-state index in [1.165, 1.54) is 12.1 Å². The Morgan fingerprint density at radius 3 is 2.76 bits per heavy atom. The Balaban J connectivity index is 2.35. The Morgan fingerprint density at radius 1 is 1.33 bits per heavy atom. The molecule has 0 saturated carbocycles. The quantitative estimate of drug-likeness (QED) is 0.894. The largest absolute Gasteiger partial charge is 0.418 e. The highest BCUT2D eigenvalue weighted by atomic mass is 19.4. The average molecular weight is 301 g/mol. The monoisotopic (exact) mass is 301 g/mol. The van der Waals surface area contributed by atoms with Crippen LogP contribution in [-0.4, -0.2) is 32.6 Å². The van der Waals surface area contributed by atoms with Crippen molar-refractivity contribution in [3.63, 3.8) is 0 Å². The Labute approximate surface area is 121 Å². The van der Waals surface area contributed by atoms with E-state index < -0.39 is 11.7 Å². The van der Waals surface area contributed by atoms with Crippen molar-refractivity contribution in [3.05, 3.63) is 29.3 Å². The van der Waals surface area contributed by atoms with Crippen molar-refractivity contribution in [2.45, 2.75) is 19.1 Å². The molecule has 0 atom stereocenters. The molecule has 1 heterocycles. The molecule has 1 aliphatic rings. The zero-order valence-electron chi connectivity index (χ0n) is 11.8. The van der Waals surface area contributed by atoms with E-state index in [-0.39, 0.29) is 18.0 Å². The Morgan fingerprint density at radius 2 is 2.10 bits per heavy atom. The fraction of sp³-hybridized carbons (Fsp3) is 0.500. The molecular formula is C14H18F3N3O. The third kappa shape index (κ3) is 3.87. The number of nitrogens with zero attached hydrogens (tertiary/aromatic N) is 1. The van der Waals surface area contributed by atoms with Crippen molar-refractivity contribution in [2.75, 3.05) is 31.6 Å². The van der Waals surface area contributed by atoms with Crippen molar-refractivity contribution in [2.24, 2.45) is 0 Å². The molecule has 4 nitrogen and oxygen atoms in total. The molecule has 0 aromatic heterocycles. The van der Waals surface area contributed by atoms with Crippen LogP contribution in [0.4, 0.5) is 18.9 Å². The van der Waals surface area contributed by atoms with E-state index in [2.05, 4.69) is 10.6 Å². The molecule has 2 rings (SSSR count). The third-order valence-corrected chi connectivity index (χ3v) is 3.40. The molecule has 0 unspecified atom stereocenters. The molecule has 1 fully saturated rings. The second-order valence-electron chi connectivity index (χ2n) is 4.97. The number of benzene rings is 1. The zero-order valence-corrected chi connectivity index (χ0v) is 11.8. The van der Waals surface area contributed by atoms with Crippen LogP contribution in [0.25, 0.3) is 0 Å². The summed E-state index contributed by atoms with van der Waals surface area (Å²) >= 11 is 0. The van der Waals surface area contributed by atoms with Crippen LogP contribution in [-0.2, 0) is 17.5 Å². The van der Waals surface area contributed by atoms with Gasteiger partial charge in [-0.15, -0.1) is 0 Å². The standard InChI is InChI=1S/C14H18F3N3O/c1-18-9-10-2-3-12(11(8-10)14(15,16)17)20-6-4-13(21)19-5-7-20/h2-3,8,18H,4-7,9H2,1H3,(H,19,21). The number of amides is 1. The maximum absolute atomic E-state index is 13.3. The van der Waals surface area contributed by atoms with Gasteiger partial charge in [0.2, 0.25) is 5.91 Å². The van der Waals surface area contributed by atoms with Gasteiger partial charge < -0.3 is 15.5 Å². The van der Waals surface area contributed by atoms with Crippen LogP contribution in [0.1, 0.15) is 17.5 Å². The van der Waals surface area contributed by atoms with Crippen LogP contribution in [0.3, 0.4) is 0 Å². The molecule has 0 bridgehead atoms. The summed E-state index contributed by atoms with van der Waals surface area (Å²) in [5, 5.41) is 5.50. The molecule has 7 heteroatoms. The number of carbonyl (C=O) groups excluding carboxylic acids is 1. The Bertz CT molecular complexity index is 517. The van der Waals surface area contributed by atoms with Gasteiger partial charge in [0, 0.05) is 38.3 Å². The second kappa shape index (κ2) is 6.34. The predicted molar refractivity (Wildman–Crippen MR) is 74.0 cm³/mol. The van der Waals surface area contributed by atoms with Gasteiger partial charge in [-0.05, 0) is 24.7 Å². The molecule has 1 aromatic carbocycles. The van der Waals surface area contributed by atoms with E-state index in [4.69, 9.17) is 0 Å². The van der Waals surface area contributed by atoms with Crippen molar-refractivity contribution < 1.29 is 18.0 Å². The maximum Gasteiger partial charge on any atom is 0.418 e.